The fourth-order valence-electron chi connectivity index (χ4n) is 1.26. The maximum absolute atomic E-state index is 10.2. The van der Waals surface area contributed by atoms with Gasteiger partial charge in [0, 0.05) is 0 Å². The molecule has 0 aliphatic carbocycles. The summed E-state index contributed by atoms with van der Waals surface area (Å²) in [6.45, 7) is 3.63. The zero-order chi connectivity index (χ0) is 10.6. The van der Waals surface area contributed by atoms with Crippen molar-refractivity contribution in [2.45, 2.75) is 26.0 Å². The summed E-state index contributed by atoms with van der Waals surface area (Å²) in [4.78, 5) is 10.2. The maximum Gasteiger partial charge on any atom is 0.207 e. The summed E-state index contributed by atoms with van der Waals surface area (Å²) in [6, 6.07) is 7.55. The molecule has 2 N–H and O–H groups in total. The van der Waals surface area contributed by atoms with Gasteiger partial charge < -0.3 is 10.4 Å². The number of rotatable bonds is 4. The Morgan fingerprint density at radius 2 is 1.71 bits per heavy atom. The summed E-state index contributed by atoms with van der Waals surface area (Å²) in [5.41, 5.74) is 1.91. The highest BCUT2D eigenvalue weighted by Crippen LogP contribution is 2.16. The van der Waals surface area contributed by atoms with Gasteiger partial charge in [-0.25, -0.2) is 0 Å². The molecule has 0 heterocycles. The van der Waals surface area contributed by atoms with Gasteiger partial charge in [-0.3, -0.25) is 4.79 Å². The molecule has 0 radical (unpaired) electrons. The second-order valence-electron chi connectivity index (χ2n) is 3.35. The lowest BCUT2D eigenvalue weighted by Gasteiger charge is -2.11. The van der Waals surface area contributed by atoms with Gasteiger partial charge in [0.05, 0.1) is 12.1 Å². The van der Waals surface area contributed by atoms with E-state index in [1.165, 1.54) is 0 Å². The van der Waals surface area contributed by atoms with E-state index in [1.54, 1.807) is 6.92 Å². The summed E-state index contributed by atoms with van der Waals surface area (Å²) < 4.78 is 0. The molecule has 76 valence electrons. The summed E-state index contributed by atoms with van der Waals surface area (Å²) >= 11 is 0. The van der Waals surface area contributed by atoms with Gasteiger partial charge in [0.1, 0.15) is 0 Å². The number of amides is 1. The highest BCUT2D eigenvalue weighted by atomic mass is 16.3. The number of aliphatic hydroxyl groups is 1. The van der Waals surface area contributed by atoms with Crippen molar-refractivity contribution in [3.8, 4) is 0 Å². The second kappa shape index (κ2) is 4.77. The van der Waals surface area contributed by atoms with E-state index >= 15 is 0 Å². The van der Waals surface area contributed by atoms with E-state index in [0.29, 0.717) is 6.41 Å². The van der Waals surface area contributed by atoms with Crippen molar-refractivity contribution in [3.63, 3.8) is 0 Å². The molecule has 14 heavy (non-hydrogen) atoms. The topological polar surface area (TPSA) is 49.3 Å². The highest BCUT2D eigenvalue weighted by molar-refractivity contribution is 5.47. The molecule has 0 bridgehead atoms. The molecule has 0 saturated carbocycles. The largest absolute Gasteiger partial charge is 0.389 e. The van der Waals surface area contributed by atoms with Crippen LogP contribution >= 0.6 is 0 Å². The first kappa shape index (κ1) is 10.7. The minimum absolute atomic E-state index is 0.00977. The Bertz CT molecular complexity index is 293. The minimum Gasteiger partial charge on any atom is -0.389 e. The summed E-state index contributed by atoms with van der Waals surface area (Å²) in [7, 11) is 0. The quantitative estimate of drug-likeness (QED) is 0.713. The molecule has 1 aromatic rings. The van der Waals surface area contributed by atoms with E-state index in [0.717, 1.165) is 11.1 Å². The van der Waals surface area contributed by atoms with E-state index in [4.69, 9.17) is 0 Å². The molecule has 0 aliphatic heterocycles. The lowest BCUT2D eigenvalue weighted by Crippen LogP contribution is -2.15. The van der Waals surface area contributed by atoms with Crippen molar-refractivity contribution in [1.29, 1.82) is 0 Å². The van der Waals surface area contributed by atoms with Crippen molar-refractivity contribution < 1.29 is 9.90 Å². The zero-order valence-electron chi connectivity index (χ0n) is 8.40. The monoisotopic (exact) mass is 193 g/mol. The summed E-state index contributed by atoms with van der Waals surface area (Å²) in [5, 5.41) is 12.0. The molecule has 1 rings (SSSR count). The van der Waals surface area contributed by atoms with Crippen LogP contribution in [-0.4, -0.2) is 11.5 Å². The first-order chi connectivity index (χ1) is 6.65. The normalized spacial score (nSPS) is 14.5. The smallest absolute Gasteiger partial charge is 0.207 e. The molecular weight excluding hydrogens is 178 g/mol. The third-order valence-corrected chi connectivity index (χ3v) is 2.24. The van der Waals surface area contributed by atoms with Crippen LogP contribution in [0.25, 0.3) is 0 Å². The van der Waals surface area contributed by atoms with Crippen molar-refractivity contribution in [3.05, 3.63) is 35.4 Å². The molecule has 0 fully saturated rings. The minimum atomic E-state index is -0.446. The van der Waals surface area contributed by atoms with Crippen LogP contribution in [-0.2, 0) is 4.79 Å². The summed E-state index contributed by atoms with van der Waals surface area (Å²) in [6.07, 6.45) is 0.242. The molecule has 0 aromatic heterocycles. The van der Waals surface area contributed by atoms with Crippen LogP contribution in [0, 0.1) is 0 Å². The van der Waals surface area contributed by atoms with E-state index in [9.17, 15) is 9.90 Å². The molecule has 0 spiro atoms. The molecule has 3 heteroatoms. The number of hydrogen-bond acceptors (Lipinski definition) is 2. The fraction of sp³-hybridized carbons (Fsp3) is 0.364. The van der Waals surface area contributed by atoms with Crippen LogP contribution in [0.4, 0.5) is 0 Å². The van der Waals surface area contributed by atoms with Crippen molar-refractivity contribution in [2.75, 3.05) is 0 Å². The molecule has 2 atom stereocenters. The van der Waals surface area contributed by atoms with Gasteiger partial charge in [0.2, 0.25) is 6.41 Å². The van der Waals surface area contributed by atoms with Gasteiger partial charge in [0.15, 0.2) is 0 Å². The van der Waals surface area contributed by atoms with Gasteiger partial charge in [-0.15, -0.1) is 0 Å². The van der Waals surface area contributed by atoms with Crippen LogP contribution in [0.2, 0.25) is 0 Å². The molecule has 1 amide bonds. The molecule has 1 aromatic carbocycles. The van der Waals surface area contributed by atoms with E-state index in [1.807, 2.05) is 31.2 Å². The second-order valence-corrected chi connectivity index (χ2v) is 3.35. The van der Waals surface area contributed by atoms with E-state index < -0.39 is 6.10 Å². The Hall–Kier alpha value is -1.35. The first-order valence-electron chi connectivity index (χ1n) is 4.62. The lowest BCUT2D eigenvalue weighted by molar-refractivity contribution is -0.110. The van der Waals surface area contributed by atoms with Crippen LogP contribution in [0.3, 0.4) is 0 Å². The Balaban J connectivity index is 2.77. The van der Waals surface area contributed by atoms with Gasteiger partial charge in [0.25, 0.3) is 0 Å². The maximum atomic E-state index is 10.2. The van der Waals surface area contributed by atoms with Crippen LogP contribution < -0.4 is 5.32 Å². The van der Waals surface area contributed by atoms with Crippen molar-refractivity contribution in [2.24, 2.45) is 0 Å². The van der Waals surface area contributed by atoms with Crippen molar-refractivity contribution >= 4 is 6.41 Å². The Morgan fingerprint density at radius 3 is 2.14 bits per heavy atom. The lowest BCUT2D eigenvalue weighted by atomic mass is 10.0. The zero-order valence-corrected chi connectivity index (χ0v) is 8.40. The van der Waals surface area contributed by atoms with Gasteiger partial charge >= 0.3 is 0 Å². The number of benzene rings is 1. The Labute approximate surface area is 83.8 Å². The predicted octanol–water partition coefficient (Wildman–Crippen LogP) is 1.55. The highest BCUT2D eigenvalue weighted by Gasteiger charge is 2.04. The number of hydrogen-bond donors (Lipinski definition) is 2. The number of nitrogens with one attached hydrogen (secondary N) is 1. The van der Waals surface area contributed by atoms with Crippen LogP contribution in [0.15, 0.2) is 24.3 Å². The molecule has 0 saturated heterocycles. The third kappa shape index (κ3) is 2.57. The first-order valence-corrected chi connectivity index (χ1v) is 4.62. The van der Waals surface area contributed by atoms with Gasteiger partial charge in [-0.05, 0) is 25.0 Å². The average molecular weight is 193 g/mol. The standard InChI is InChI=1S/C11H15NO2/c1-8(12-7-13)10-3-5-11(6-4-10)9(2)14/h3-9,14H,1-2H3,(H,12,13). The Kier molecular flexibility index (Phi) is 3.65. The number of carbonyl (C=O) groups excluding carboxylic acids is 1. The molecule has 3 nitrogen and oxygen atoms in total. The van der Waals surface area contributed by atoms with Crippen LogP contribution in [0.1, 0.15) is 37.1 Å². The number of carbonyl (C=O) groups is 1. The van der Waals surface area contributed by atoms with Crippen molar-refractivity contribution in [1.82, 2.24) is 5.32 Å². The Morgan fingerprint density at radius 1 is 1.21 bits per heavy atom. The van der Waals surface area contributed by atoms with E-state index in [-0.39, 0.29) is 6.04 Å². The van der Waals surface area contributed by atoms with Gasteiger partial charge in [-0.2, -0.15) is 0 Å². The van der Waals surface area contributed by atoms with Crippen LogP contribution in [0.5, 0.6) is 0 Å². The molecular formula is C11H15NO2. The third-order valence-electron chi connectivity index (χ3n) is 2.24. The predicted molar refractivity (Wildman–Crippen MR) is 54.7 cm³/mol. The molecule has 2 unspecified atom stereocenters. The average Bonchev–Trinajstić information content (AvgIpc) is 2.18. The fourth-order valence-corrected chi connectivity index (χ4v) is 1.26. The van der Waals surface area contributed by atoms with E-state index in [2.05, 4.69) is 5.32 Å². The number of aliphatic hydroxyl groups excluding tert-OH is 1. The summed E-state index contributed by atoms with van der Waals surface area (Å²) in [5.74, 6) is 0. The SMILES string of the molecule is CC(O)c1ccc(C(C)NC=O)cc1. The van der Waals surface area contributed by atoms with Gasteiger partial charge in [-0.1, -0.05) is 24.3 Å². The molecule has 0 aliphatic rings.